The lowest BCUT2D eigenvalue weighted by Crippen LogP contribution is -2.47. The molecular formula is C18H25N3O3. The molecular weight excluding hydrogens is 306 g/mol. The number of hydrogen-bond donors (Lipinski definition) is 1. The Bertz CT molecular complexity index is 590. The molecule has 6 heteroatoms. The van der Waals surface area contributed by atoms with Crippen LogP contribution in [0.1, 0.15) is 35.7 Å². The van der Waals surface area contributed by atoms with Gasteiger partial charge in [0.1, 0.15) is 5.78 Å². The highest BCUT2D eigenvalue weighted by atomic mass is 16.2. The minimum atomic E-state index is -0.136. The minimum Gasteiger partial charge on any atom is -0.352 e. The molecule has 0 spiro atoms. The highest BCUT2D eigenvalue weighted by Crippen LogP contribution is 2.10. The van der Waals surface area contributed by atoms with Gasteiger partial charge in [-0.25, -0.2) is 0 Å². The zero-order valence-corrected chi connectivity index (χ0v) is 14.4. The summed E-state index contributed by atoms with van der Waals surface area (Å²) in [6.07, 6.45) is 0.486. The fourth-order valence-electron chi connectivity index (χ4n) is 2.54. The van der Waals surface area contributed by atoms with E-state index >= 15 is 0 Å². The molecule has 0 atom stereocenters. The van der Waals surface area contributed by atoms with E-state index in [1.165, 1.54) is 6.92 Å². The summed E-state index contributed by atoms with van der Waals surface area (Å²) in [4.78, 5) is 39.0. The van der Waals surface area contributed by atoms with Crippen LogP contribution in [0, 0.1) is 0 Å². The van der Waals surface area contributed by atoms with Crippen molar-refractivity contribution >= 4 is 17.6 Å². The van der Waals surface area contributed by atoms with Crippen molar-refractivity contribution in [1.29, 1.82) is 0 Å². The third-order valence-corrected chi connectivity index (χ3v) is 4.19. The Morgan fingerprint density at radius 2 is 1.62 bits per heavy atom. The summed E-state index contributed by atoms with van der Waals surface area (Å²) in [6, 6.07) is 7.32. The second-order valence-electron chi connectivity index (χ2n) is 6.27. The Kier molecular flexibility index (Phi) is 6.49. The number of carbonyl (C=O) groups excluding carboxylic acids is 3. The van der Waals surface area contributed by atoms with Gasteiger partial charge in [0.15, 0.2) is 0 Å². The van der Waals surface area contributed by atoms with E-state index in [-0.39, 0.29) is 30.4 Å². The maximum Gasteiger partial charge on any atom is 0.253 e. The van der Waals surface area contributed by atoms with Gasteiger partial charge < -0.3 is 19.9 Å². The van der Waals surface area contributed by atoms with Crippen LogP contribution in [0.4, 0.5) is 0 Å². The molecule has 1 aromatic rings. The highest BCUT2D eigenvalue weighted by Gasteiger charge is 2.20. The minimum absolute atomic E-state index is 0.0110. The Hall–Kier alpha value is -2.21. The number of nitrogens with one attached hydrogen (secondary N) is 1. The van der Waals surface area contributed by atoms with Crippen LogP contribution in [-0.2, 0) is 16.1 Å². The standard InChI is InChI=1S/C18H25N3O3/c1-14(22)3-8-17(23)19-13-15-4-6-16(7-5-15)18(24)21-11-9-20(2)10-12-21/h4-7H,3,8-13H2,1-2H3,(H,19,23). The molecule has 0 radical (unpaired) electrons. The molecule has 1 aliphatic heterocycles. The van der Waals surface area contributed by atoms with Gasteiger partial charge in [-0.3, -0.25) is 9.59 Å². The van der Waals surface area contributed by atoms with Crippen molar-refractivity contribution < 1.29 is 14.4 Å². The number of piperazine rings is 1. The molecule has 1 N–H and O–H groups in total. The number of hydrogen-bond acceptors (Lipinski definition) is 4. The van der Waals surface area contributed by atoms with Gasteiger partial charge in [-0.1, -0.05) is 12.1 Å². The third kappa shape index (κ3) is 5.45. The predicted octanol–water partition coefficient (Wildman–Crippen LogP) is 1.06. The predicted molar refractivity (Wildman–Crippen MR) is 91.6 cm³/mol. The third-order valence-electron chi connectivity index (χ3n) is 4.19. The molecule has 130 valence electrons. The summed E-state index contributed by atoms with van der Waals surface area (Å²) < 4.78 is 0. The Morgan fingerprint density at radius 1 is 1.00 bits per heavy atom. The van der Waals surface area contributed by atoms with Crippen LogP contribution >= 0.6 is 0 Å². The summed E-state index contributed by atoms with van der Waals surface area (Å²) in [7, 11) is 2.06. The molecule has 0 unspecified atom stereocenters. The van der Waals surface area contributed by atoms with E-state index in [9.17, 15) is 14.4 Å². The number of likely N-dealkylation sites (N-methyl/N-ethyl adjacent to an activating group) is 1. The van der Waals surface area contributed by atoms with Gasteiger partial charge in [0, 0.05) is 51.1 Å². The molecule has 1 fully saturated rings. The van der Waals surface area contributed by atoms with Crippen LogP contribution in [0.2, 0.25) is 0 Å². The van der Waals surface area contributed by atoms with Gasteiger partial charge in [0.2, 0.25) is 5.91 Å². The van der Waals surface area contributed by atoms with E-state index in [1.54, 1.807) is 12.1 Å². The maximum absolute atomic E-state index is 12.4. The molecule has 1 heterocycles. The number of rotatable bonds is 6. The highest BCUT2D eigenvalue weighted by molar-refractivity contribution is 5.94. The normalized spacial score (nSPS) is 15.2. The maximum atomic E-state index is 12.4. The Balaban J connectivity index is 1.83. The van der Waals surface area contributed by atoms with Crippen molar-refractivity contribution in [1.82, 2.24) is 15.1 Å². The first kappa shape index (κ1) is 18.1. The molecule has 0 aliphatic carbocycles. The molecule has 0 aromatic heterocycles. The van der Waals surface area contributed by atoms with Crippen LogP contribution in [0.3, 0.4) is 0 Å². The van der Waals surface area contributed by atoms with Crippen LogP contribution in [-0.4, -0.2) is 60.6 Å². The molecule has 2 amide bonds. The number of amides is 2. The van der Waals surface area contributed by atoms with Crippen molar-refractivity contribution in [3.8, 4) is 0 Å². The fraction of sp³-hybridized carbons (Fsp3) is 0.500. The molecule has 1 aliphatic rings. The van der Waals surface area contributed by atoms with Crippen LogP contribution in [0.25, 0.3) is 0 Å². The monoisotopic (exact) mass is 331 g/mol. The lowest BCUT2D eigenvalue weighted by atomic mass is 10.1. The summed E-state index contributed by atoms with van der Waals surface area (Å²) in [5.41, 5.74) is 1.60. The zero-order chi connectivity index (χ0) is 17.5. The number of nitrogens with zero attached hydrogens (tertiary/aromatic N) is 2. The van der Waals surface area contributed by atoms with Gasteiger partial charge in [-0.2, -0.15) is 0 Å². The molecule has 1 aromatic carbocycles. The summed E-state index contributed by atoms with van der Waals surface area (Å²) in [5.74, 6) is -0.0696. The first-order valence-corrected chi connectivity index (χ1v) is 8.28. The van der Waals surface area contributed by atoms with Crippen molar-refractivity contribution in [2.24, 2.45) is 0 Å². The quantitative estimate of drug-likeness (QED) is 0.846. The Morgan fingerprint density at radius 3 is 2.21 bits per heavy atom. The SMILES string of the molecule is CC(=O)CCC(=O)NCc1ccc(C(=O)N2CCN(C)CC2)cc1. The molecule has 1 saturated heterocycles. The first-order chi connectivity index (χ1) is 11.5. The molecule has 0 bridgehead atoms. The van der Waals surface area contributed by atoms with Crippen molar-refractivity contribution in [2.75, 3.05) is 33.2 Å². The second-order valence-corrected chi connectivity index (χ2v) is 6.27. The average Bonchev–Trinajstić information content (AvgIpc) is 2.58. The first-order valence-electron chi connectivity index (χ1n) is 8.28. The Labute approximate surface area is 142 Å². The van der Waals surface area contributed by atoms with E-state index in [0.29, 0.717) is 12.1 Å². The van der Waals surface area contributed by atoms with Gasteiger partial charge in [-0.15, -0.1) is 0 Å². The zero-order valence-electron chi connectivity index (χ0n) is 14.4. The van der Waals surface area contributed by atoms with E-state index in [0.717, 1.165) is 31.7 Å². The van der Waals surface area contributed by atoms with Crippen molar-refractivity contribution in [3.63, 3.8) is 0 Å². The lowest BCUT2D eigenvalue weighted by Gasteiger charge is -2.32. The lowest BCUT2D eigenvalue weighted by molar-refractivity contribution is -0.124. The number of carbonyl (C=O) groups is 3. The van der Waals surface area contributed by atoms with Crippen LogP contribution in [0.15, 0.2) is 24.3 Å². The van der Waals surface area contributed by atoms with E-state index < -0.39 is 0 Å². The molecule has 0 saturated carbocycles. The van der Waals surface area contributed by atoms with Gasteiger partial charge in [0.05, 0.1) is 0 Å². The van der Waals surface area contributed by atoms with Crippen molar-refractivity contribution in [3.05, 3.63) is 35.4 Å². The fourth-order valence-corrected chi connectivity index (χ4v) is 2.54. The van der Waals surface area contributed by atoms with Gasteiger partial charge in [-0.05, 0) is 31.7 Å². The van der Waals surface area contributed by atoms with Gasteiger partial charge >= 0.3 is 0 Å². The number of benzene rings is 1. The van der Waals surface area contributed by atoms with E-state index in [4.69, 9.17) is 0 Å². The largest absolute Gasteiger partial charge is 0.352 e. The number of Topliss-reactive ketones (excluding diaryl/α,β-unsaturated/α-hetero) is 1. The number of ketones is 1. The van der Waals surface area contributed by atoms with Crippen LogP contribution in [0.5, 0.6) is 0 Å². The van der Waals surface area contributed by atoms with E-state index in [1.807, 2.05) is 17.0 Å². The average molecular weight is 331 g/mol. The second kappa shape index (κ2) is 8.59. The summed E-state index contributed by atoms with van der Waals surface area (Å²) in [5, 5.41) is 2.78. The molecule has 6 nitrogen and oxygen atoms in total. The molecule has 24 heavy (non-hydrogen) atoms. The van der Waals surface area contributed by atoms with Gasteiger partial charge in [0.25, 0.3) is 5.91 Å². The van der Waals surface area contributed by atoms with Crippen molar-refractivity contribution in [2.45, 2.75) is 26.3 Å². The van der Waals surface area contributed by atoms with E-state index in [2.05, 4.69) is 17.3 Å². The summed E-state index contributed by atoms with van der Waals surface area (Å²) >= 11 is 0. The van der Waals surface area contributed by atoms with Crippen LogP contribution < -0.4 is 5.32 Å². The molecule has 2 rings (SSSR count). The topological polar surface area (TPSA) is 69.7 Å². The summed E-state index contributed by atoms with van der Waals surface area (Å²) in [6.45, 7) is 5.18. The smallest absolute Gasteiger partial charge is 0.253 e.